The zero-order valence-electron chi connectivity index (χ0n) is 19.2. The summed E-state index contributed by atoms with van der Waals surface area (Å²) in [6.07, 6.45) is 3.56. The lowest BCUT2D eigenvalue weighted by molar-refractivity contribution is -0.894. The zero-order chi connectivity index (χ0) is 21.3. The van der Waals surface area contributed by atoms with Gasteiger partial charge in [0.1, 0.15) is 5.75 Å². The molecule has 3 aromatic rings. The summed E-state index contributed by atoms with van der Waals surface area (Å²) in [6, 6.07) is 12.5. The van der Waals surface area contributed by atoms with Crippen LogP contribution >= 0.6 is 0 Å². The smallest absolute Gasteiger partial charge is 0.254 e. The molecule has 2 aromatic carbocycles. The second kappa shape index (κ2) is 9.77. The normalized spacial score (nSPS) is 15.8. The molecule has 0 unspecified atom stereocenters. The number of hydrogen-bond donors (Lipinski definition) is 0. The van der Waals surface area contributed by atoms with Crippen molar-refractivity contribution in [3.63, 3.8) is 0 Å². The number of halogens is 1. The van der Waals surface area contributed by atoms with Crippen LogP contribution in [0.1, 0.15) is 36.5 Å². The Bertz CT molecular complexity index is 1060. The number of aryl methyl sites for hydroxylation is 1. The Morgan fingerprint density at radius 1 is 1.00 bits per heavy atom. The Morgan fingerprint density at radius 3 is 2.42 bits per heavy atom. The van der Waals surface area contributed by atoms with Crippen LogP contribution in [-0.2, 0) is 6.54 Å². The van der Waals surface area contributed by atoms with E-state index in [2.05, 4.69) is 49.9 Å². The minimum Gasteiger partial charge on any atom is -1.00 e. The first-order valence-corrected chi connectivity index (χ1v) is 11.1. The van der Waals surface area contributed by atoms with Crippen LogP contribution < -0.4 is 28.7 Å². The van der Waals surface area contributed by atoms with Gasteiger partial charge in [-0.15, -0.1) is 0 Å². The van der Waals surface area contributed by atoms with Gasteiger partial charge in [0.15, 0.2) is 0 Å². The van der Waals surface area contributed by atoms with E-state index in [4.69, 9.17) is 4.74 Å². The minimum atomic E-state index is 0. The summed E-state index contributed by atoms with van der Waals surface area (Å²) in [5, 5.41) is 2.34. The van der Waals surface area contributed by atoms with Crippen molar-refractivity contribution in [3.8, 4) is 5.75 Å². The minimum absolute atomic E-state index is 0. The van der Waals surface area contributed by atoms with E-state index in [1.165, 1.54) is 29.3 Å². The predicted octanol–water partition coefficient (Wildman–Crippen LogP) is 1.53. The van der Waals surface area contributed by atoms with Crippen LogP contribution in [0.25, 0.3) is 21.8 Å². The van der Waals surface area contributed by atoms with Crippen LogP contribution in [0.15, 0.2) is 36.4 Å². The zero-order valence-corrected chi connectivity index (χ0v) is 21.3. The molecule has 1 amide bonds. The lowest BCUT2D eigenvalue weighted by atomic mass is 10.1. The number of carbonyl (C=O) groups excluding carboxylic acids is 1. The van der Waals surface area contributed by atoms with Crippen molar-refractivity contribution in [2.75, 3.05) is 47.4 Å². The van der Waals surface area contributed by atoms with Crippen LogP contribution in [0.2, 0.25) is 0 Å². The highest BCUT2D eigenvalue weighted by Crippen LogP contribution is 2.33. The van der Waals surface area contributed by atoms with Crippen LogP contribution in [0.4, 0.5) is 0 Å². The summed E-state index contributed by atoms with van der Waals surface area (Å²) in [5.74, 6) is 1.02. The number of ether oxygens (including phenoxy) is 1. The summed E-state index contributed by atoms with van der Waals surface area (Å²) in [5.41, 5.74) is 3.17. The number of carbonyl (C=O) groups is 1. The molecule has 168 valence electrons. The first-order chi connectivity index (χ1) is 14.4. The predicted molar refractivity (Wildman–Crippen MR) is 123 cm³/mol. The van der Waals surface area contributed by atoms with Crippen molar-refractivity contribution in [2.45, 2.75) is 32.7 Å². The number of hydrogen-bond acceptors (Lipinski definition) is 2. The largest absolute Gasteiger partial charge is 1.00 e. The highest BCUT2D eigenvalue weighted by molar-refractivity contribution is 6.11. The molecule has 2 heterocycles. The molecule has 6 heteroatoms. The molecule has 0 bridgehead atoms. The average Bonchev–Trinajstić information content (AvgIpc) is 3.05. The van der Waals surface area contributed by atoms with Crippen molar-refractivity contribution < 1.29 is 38.0 Å². The fraction of sp³-hybridized carbons (Fsp3) is 0.480. The lowest BCUT2D eigenvalue weighted by Gasteiger charge is -2.39. The van der Waals surface area contributed by atoms with Crippen LogP contribution in [0.3, 0.4) is 0 Å². The van der Waals surface area contributed by atoms with Gasteiger partial charge in [-0.1, -0.05) is 19.8 Å². The number of likely N-dealkylation sites (N-methyl/N-ethyl adjacent to an activating group) is 1. The number of unbranched alkanes of at least 4 members (excludes halogenated alkanes) is 2. The van der Waals surface area contributed by atoms with E-state index in [0.29, 0.717) is 0 Å². The molecule has 1 aliphatic rings. The number of quaternary nitrogens is 1. The highest BCUT2D eigenvalue weighted by Gasteiger charge is 2.28. The fourth-order valence-corrected chi connectivity index (χ4v) is 4.49. The van der Waals surface area contributed by atoms with Gasteiger partial charge < -0.3 is 42.7 Å². The number of aromatic nitrogens is 1. The molecular formula is C25H34IN3O2. The molecule has 1 aliphatic heterocycles. The Morgan fingerprint density at radius 2 is 1.74 bits per heavy atom. The summed E-state index contributed by atoms with van der Waals surface area (Å²) < 4.78 is 8.85. The number of methoxy groups -OCH3 is 1. The summed E-state index contributed by atoms with van der Waals surface area (Å²) in [7, 11) is 6.17. The fourth-order valence-electron chi connectivity index (χ4n) is 4.49. The van der Waals surface area contributed by atoms with Gasteiger partial charge in [-0.25, -0.2) is 0 Å². The molecule has 1 aromatic heterocycles. The second-order valence-corrected chi connectivity index (χ2v) is 9.15. The van der Waals surface area contributed by atoms with Gasteiger partial charge in [-0.3, -0.25) is 4.79 Å². The lowest BCUT2D eigenvalue weighted by Crippen LogP contribution is -3.00. The third-order valence-electron chi connectivity index (χ3n) is 6.54. The first kappa shape index (κ1) is 23.9. The Hall–Kier alpha value is -1.80. The molecule has 1 saturated heterocycles. The number of fused-ring (bicyclic) bond motifs is 3. The maximum Gasteiger partial charge on any atom is 0.254 e. The highest BCUT2D eigenvalue weighted by atomic mass is 127. The van der Waals surface area contributed by atoms with Gasteiger partial charge >= 0.3 is 0 Å². The molecule has 0 radical (unpaired) electrons. The van der Waals surface area contributed by atoms with Crippen molar-refractivity contribution in [3.05, 3.63) is 42.0 Å². The summed E-state index contributed by atoms with van der Waals surface area (Å²) >= 11 is 0. The van der Waals surface area contributed by atoms with Crippen LogP contribution in [-0.4, -0.2) is 67.2 Å². The summed E-state index contributed by atoms with van der Waals surface area (Å²) in [4.78, 5) is 15.2. The third-order valence-corrected chi connectivity index (χ3v) is 6.54. The van der Waals surface area contributed by atoms with Gasteiger partial charge in [-0.2, -0.15) is 0 Å². The number of nitrogens with zero attached hydrogens (tertiary/aromatic N) is 3. The van der Waals surface area contributed by atoms with Gasteiger partial charge in [0.2, 0.25) is 0 Å². The Balaban J connectivity index is 0.00000272. The van der Waals surface area contributed by atoms with Crippen molar-refractivity contribution in [1.82, 2.24) is 9.47 Å². The molecule has 0 atom stereocenters. The van der Waals surface area contributed by atoms with E-state index in [0.717, 1.165) is 60.3 Å². The van der Waals surface area contributed by atoms with Gasteiger partial charge in [0.25, 0.3) is 5.91 Å². The average molecular weight is 535 g/mol. The molecule has 0 saturated carbocycles. The van der Waals surface area contributed by atoms with E-state index in [9.17, 15) is 4.79 Å². The van der Waals surface area contributed by atoms with E-state index < -0.39 is 0 Å². The number of rotatable bonds is 6. The molecule has 0 spiro atoms. The van der Waals surface area contributed by atoms with Gasteiger partial charge in [-0.05, 0) is 36.8 Å². The number of benzene rings is 2. The maximum atomic E-state index is 13.2. The van der Waals surface area contributed by atoms with Gasteiger partial charge in [0, 0.05) is 34.5 Å². The topological polar surface area (TPSA) is 34.5 Å². The monoisotopic (exact) mass is 535 g/mol. The van der Waals surface area contributed by atoms with E-state index in [-0.39, 0.29) is 29.9 Å². The molecule has 31 heavy (non-hydrogen) atoms. The van der Waals surface area contributed by atoms with Crippen molar-refractivity contribution >= 4 is 27.7 Å². The molecular weight excluding hydrogens is 501 g/mol. The third kappa shape index (κ3) is 4.85. The Kier molecular flexibility index (Phi) is 7.52. The molecule has 5 nitrogen and oxygen atoms in total. The van der Waals surface area contributed by atoms with Crippen molar-refractivity contribution in [1.29, 1.82) is 0 Å². The Labute approximate surface area is 202 Å². The standard InChI is InChI=1S/C25H34N3O2.HI/c1-5-6-7-12-27-23-11-8-19(25(29)26-13-15-28(2,3)16-14-26)17-22(23)21-10-9-20(30-4)18-24(21)27;/h8-11,17-18H,5-7,12-16H2,1-4H3;1H/q+1;/p-1. The number of piperazine rings is 1. The van der Waals surface area contributed by atoms with Crippen LogP contribution in [0.5, 0.6) is 5.75 Å². The van der Waals surface area contributed by atoms with E-state index >= 15 is 0 Å². The van der Waals surface area contributed by atoms with Crippen LogP contribution in [0, 0.1) is 0 Å². The van der Waals surface area contributed by atoms with Crippen molar-refractivity contribution in [2.24, 2.45) is 0 Å². The molecule has 4 rings (SSSR count). The maximum absolute atomic E-state index is 13.2. The quantitative estimate of drug-likeness (QED) is 0.273. The van der Waals surface area contributed by atoms with E-state index in [1.807, 2.05) is 17.0 Å². The number of amides is 1. The molecule has 0 aliphatic carbocycles. The van der Waals surface area contributed by atoms with E-state index in [1.54, 1.807) is 7.11 Å². The SMILES string of the molecule is CCCCCn1c2ccc(C(=O)N3CC[N+](C)(C)CC3)cc2c2ccc(OC)cc21.[I-]. The second-order valence-electron chi connectivity index (χ2n) is 9.15. The molecule has 0 N–H and O–H groups in total. The summed E-state index contributed by atoms with van der Waals surface area (Å²) in [6.45, 7) is 6.86. The first-order valence-electron chi connectivity index (χ1n) is 11.1. The molecule has 1 fully saturated rings. The van der Waals surface area contributed by atoms with Gasteiger partial charge in [0.05, 0.1) is 52.9 Å².